The van der Waals surface area contributed by atoms with Crippen molar-refractivity contribution in [3.63, 3.8) is 0 Å². The fourth-order valence-corrected chi connectivity index (χ4v) is 4.22. The standard InChI is InChI=1S/C21H19BrN2O3S2/c1-3-10-27-17-9-8-15(22)11-14(17)12-18-20(26)24(21(28)29-18)23-19(25)16-7-5-4-6-13(16)2/h4-9,11-12H,3,10H2,1-2H3,(H,23,25)/b18-12+. The molecule has 1 aliphatic heterocycles. The van der Waals surface area contributed by atoms with E-state index in [0.717, 1.165) is 38.8 Å². The van der Waals surface area contributed by atoms with Crippen molar-refractivity contribution in [2.45, 2.75) is 20.3 Å². The Labute approximate surface area is 187 Å². The van der Waals surface area contributed by atoms with Crippen molar-refractivity contribution < 1.29 is 14.3 Å². The van der Waals surface area contributed by atoms with Gasteiger partial charge in [-0.1, -0.05) is 52.8 Å². The summed E-state index contributed by atoms with van der Waals surface area (Å²) in [6, 6.07) is 12.8. The molecule has 1 fully saturated rings. The third-order valence-electron chi connectivity index (χ3n) is 4.12. The summed E-state index contributed by atoms with van der Waals surface area (Å²) in [7, 11) is 0. The molecule has 0 atom stereocenters. The molecule has 0 aliphatic carbocycles. The maximum absolute atomic E-state index is 12.9. The maximum Gasteiger partial charge on any atom is 0.285 e. The Kier molecular flexibility index (Phi) is 7.10. The first-order valence-corrected chi connectivity index (χ1v) is 11.0. The molecule has 1 N–H and O–H groups in total. The number of aryl methyl sites for hydroxylation is 1. The molecule has 0 radical (unpaired) electrons. The van der Waals surface area contributed by atoms with Crippen LogP contribution in [-0.4, -0.2) is 27.8 Å². The summed E-state index contributed by atoms with van der Waals surface area (Å²) in [6.45, 7) is 4.45. The first-order valence-electron chi connectivity index (χ1n) is 8.97. The van der Waals surface area contributed by atoms with Gasteiger partial charge in [-0.25, -0.2) is 0 Å². The van der Waals surface area contributed by atoms with Crippen molar-refractivity contribution in [2.75, 3.05) is 6.61 Å². The second-order valence-electron chi connectivity index (χ2n) is 6.30. The Morgan fingerprint density at radius 2 is 2.07 bits per heavy atom. The van der Waals surface area contributed by atoms with Gasteiger partial charge in [-0.05, 0) is 61.5 Å². The topological polar surface area (TPSA) is 58.6 Å². The van der Waals surface area contributed by atoms with Crippen LogP contribution in [0.3, 0.4) is 0 Å². The number of hydrogen-bond acceptors (Lipinski definition) is 5. The van der Waals surface area contributed by atoms with Gasteiger partial charge >= 0.3 is 0 Å². The fraction of sp³-hybridized carbons (Fsp3) is 0.190. The van der Waals surface area contributed by atoms with Crippen LogP contribution < -0.4 is 10.2 Å². The Hall–Kier alpha value is -2.16. The number of thioether (sulfide) groups is 1. The molecule has 1 saturated heterocycles. The molecule has 0 aromatic heterocycles. The molecule has 2 aromatic carbocycles. The Morgan fingerprint density at radius 1 is 1.31 bits per heavy atom. The van der Waals surface area contributed by atoms with E-state index in [9.17, 15) is 9.59 Å². The Bertz CT molecular complexity index is 1010. The van der Waals surface area contributed by atoms with Crippen LogP contribution in [0, 0.1) is 6.92 Å². The zero-order valence-corrected chi connectivity index (χ0v) is 19.1. The lowest BCUT2D eigenvalue weighted by Crippen LogP contribution is -2.45. The molecule has 29 heavy (non-hydrogen) atoms. The van der Waals surface area contributed by atoms with Crippen molar-refractivity contribution in [3.8, 4) is 5.75 Å². The number of rotatable bonds is 6. The molecule has 0 saturated carbocycles. The van der Waals surface area contributed by atoms with Crippen molar-refractivity contribution >= 4 is 62.1 Å². The van der Waals surface area contributed by atoms with E-state index in [0.29, 0.717) is 22.8 Å². The Morgan fingerprint density at radius 3 is 2.79 bits per heavy atom. The lowest BCUT2D eigenvalue weighted by Gasteiger charge is -2.16. The molecular weight excluding hydrogens is 472 g/mol. The van der Waals surface area contributed by atoms with Gasteiger partial charge in [0.25, 0.3) is 11.8 Å². The first-order chi connectivity index (χ1) is 13.9. The van der Waals surface area contributed by atoms with Crippen LogP contribution in [0.25, 0.3) is 6.08 Å². The molecule has 3 rings (SSSR count). The molecule has 2 aromatic rings. The molecule has 0 unspecified atom stereocenters. The SMILES string of the molecule is CCCOc1ccc(Br)cc1/C=C1/SC(=S)N(NC(=O)c2ccccc2C)C1=O. The van der Waals surface area contributed by atoms with Gasteiger partial charge in [0.2, 0.25) is 0 Å². The zero-order chi connectivity index (χ0) is 21.0. The quantitative estimate of drug-likeness (QED) is 0.451. The predicted molar refractivity (Wildman–Crippen MR) is 124 cm³/mol. The van der Waals surface area contributed by atoms with E-state index >= 15 is 0 Å². The van der Waals surface area contributed by atoms with E-state index in [2.05, 4.69) is 21.4 Å². The van der Waals surface area contributed by atoms with Crippen LogP contribution in [0.4, 0.5) is 0 Å². The number of thiocarbonyl (C=S) groups is 1. The van der Waals surface area contributed by atoms with Crippen LogP contribution in [0.1, 0.15) is 34.8 Å². The van der Waals surface area contributed by atoms with Gasteiger partial charge in [-0.3, -0.25) is 15.0 Å². The average Bonchev–Trinajstić information content (AvgIpc) is 2.95. The summed E-state index contributed by atoms with van der Waals surface area (Å²) in [5, 5.41) is 1.12. The van der Waals surface area contributed by atoms with E-state index in [1.807, 2.05) is 44.2 Å². The summed E-state index contributed by atoms with van der Waals surface area (Å²) >= 11 is 9.90. The van der Waals surface area contributed by atoms with Crippen molar-refractivity contribution in [1.82, 2.24) is 10.4 Å². The zero-order valence-electron chi connectivity index (χ0n) is 15.9. The number of carbonyl (C=O) groups excluding carboxylic acids is 2. The number of carbonyl (C=O) groups is 2. The minimum atomic E-state index is -0.380. The number of hydrogen-bond donors (Lipinski definition) is 1. The fourth-order valence-electron chi connectivity index (χ4n) is 2.67. The highest BCUT2D eigenvalue weighted by Crippen LogP contribution is 2.34. The summed E-state index contributed by atoms with van der Waals surface area (Å²) in [5.74, 6) is -0.0670. The lowest BCUT2D eigenvalue weighted by molar-refractivity contribution is -0.123. The van der Waals surface area contributed by atoms with E-state index in [-0.39, 0.29) is 16.1 Å². The summed E-state index contributed by atoms with van der Waals surface area (Å²) in [4.78, 5) is 25.9. The van der Waals surface area contributed by atoms with E-state index < -0.39 is 0 Å². The van der Waals surface area contributed by atoms with Crippen LogP contribution >= 0.6 is 39.9 Å². The second kappa shape index (κ2) is 9.56. The first kappa shape index (κ1) is 21.5. The smallest absolute Gasteiger partial charge is 0.285 e. The van der Waals surface area contributed by atoms with Gasteiger partial charge in [-0.2, -0.15) is 5.01 Å². The average molecular weight is 491 g/mol. The molecule has 150 valence electrons. The van der Waals surface area contributed by atoms with Crippen LogP contribution in [0.5, 0.6) is 5.75 Å². The lowest BCUT2D eigenvalue weighted by atomic mass is 10.1. The van der Waals surface area contributed by atoms with Gasteiger partial charge in [0, 0.05) is 15.6 Å². The number of halogens is 1. The number of benzene rings is 2. The van der Waals surface area contributed by atoms with Crippen molar-refractivity contribution in [3.05, 3.63) is 68.5 Å². The van der Waals surface area contributed by atoms with Gasteiger partial charge in [0.05, 0.1) is 11.5 Å². The number of amides is 2. The highest BCUT2D eigenvalue weighted by atomic mass is 79.9. The number of nitrogens with one attached hydrogen (secondary N) is 1. The summed E-state index contributed by atoms with van der Waals surface area (Å²) < 4.78 is 6.92. The van der Waals surface area contributed by atoms with Crippen LogP contribution in [-0.2, 0) is 4.79 Å². The molecular formula is C21H19BrN2O3S2. The van der Waals surface area contributed by atoms with E-state index in [1.165, 1.54) is 0 Å². The van der Waals surface area contributed by atoms with Gasteiger partial charge in [0.1, 0.15) is 5.75 Å². The molecule has 8 heteroatoms. The van der Waals surface area contributed by atoms with Crippen molar-refractivity contribution in [2.24, 2.45) is 0 Å². The molecule has 0 spiro atoms. The number of hydrazine groups is 1. The van der Waals surface area contributed by atoms with Crippen LogP contribution in [0.15, 0.2) is 51.8 Å². The number of ether oxygens (including phenoxy) is 1. The summed E-state index contributed by atoms with van der Waals surface area (Å²) in [6.07, 6.45) is 2.61. The minimum Gasteiger partial charge on any atom is -0.493 e. The molecule has 2 amide bonds. The monoisotopic (exact) mass is 490 g/mol. The molecule has 5 nitrogen and oxygen atoms in total. The largest absolute Gasteiger partial charge is 0.493 e. The minimum absolute atomic E-state index is 0.272. The highest BCUT2D eigenvalue weighted by molar-refractivity contribution is 9.10. The van der Waals surface area contributed by atoms with E-state index in [1.54, 1.807) is 18.2 Å². The third kappa shape index (κ3) is 5.07. The molecule has 1 aliphatic rings. The van der Waals surface area contributed by atoms with Gasteiger partial charge in [-0.15, -0.1) is 0 Å². The third-order valence-corrected chi connectivity index (χ3v) is 5.91. The van der Waals surface area contributed by atoms with Crippen molar-refractivity contribution in [1.29, 1.82) is 0 Å². The second-order valence-corrected chi connectivity index (χ2v) is 8.90. The Balaban J connectivity index is 1.83. The van der Waals surface area contributed by atoms with Crippen LogP contribution in [0.2, 0.25) is 0 Å². The number of nitrogens with zero attached hydrogens (tertiary/aromatic N) is 1. The summed E-state index contributed by atoms with van der Waals surface area (Å²) in [5.41, 5.74) is 4.69. The molecule has 0 bridgehead atoms. The molecule has 1 heterocycles. The maximum atomic E-state index is 12.9. The van der Waals surface area contributed by atoms with Gasteiger partial charge < -0.3 is 4.74 Å². The predicted octanol–water partition coefficient (Wildman–Crippen LogP) is 5.09. The van der Waals surface area contributed by atoms with E-state index in [4.69, 9.17) is 17.0 Å². The normalized spacial score (nSPS) is 15.1. The van der Waals surface area contributed by atoms with Gasteiger partial charge in [0.15, 0.2) is 4.32 Å². The highest BCUT2D eigenvalue weighted by Gasteiger charge is 2.34.